The summed E-state index contributed by atoms with van der Waals surface area (Å²) in [5.74, 6) is -1.48. The van der Waals surface area contributed by atoms with Crippen LogP contribution in [-0.2, 0) is 23.8 Å². The zero-order chi connectivity index (χ0) is 27.8. The molecule has 1 amide bonds. The first-order valence-electron chi connectivity index (χ1n) is 12.6. The number of rotatable bonds is 14. The lowest BCUT2D eigenvalue weighted by atomic mass is 9.73. The number of unbranched alkanes of at least 4 members (excludes halogenated alkanes) is 5. The van der Waals surface area contributed by atoms with Crippen LogP contribution in [0.25, 0.3) is 0 Å². The zero-order valence-electron chi connectivity index (χ0n) is 20.9. The first kappa shape index (κ1) is 31.8. The third-order valence-corrected chi connectivity index (χ3v) is 6.86. The van der Waals surface area contributed by atoms with Gasteiger partial charge in [0.15, 0.2) is 6.29 Å². The summed E-state index contributed by atoms with van der Waals surface area (Å²) in [4.78, 5) is 22.6. The molecule has 37 heavy (non-hydrogen) atoms. The standard InChI is InChI=1S/C23H41NO13/c1-12(27)24-19-22(35-9-7-5-3-2-4-6-8-15(28)29)37-14(11-26)20(33)23(19,34)21-18(32)17(31)16(30)13(10-25)36-21/h13-14,16-22,25-26,30-34H,2-11H2,1H3,(H,24,27)(H,28,29)/t13-,14-,16+,17+,18-,19-,20+,21-,22+,23-/m1/s1. The van der Waals surface area contributed by atoms with E-state index in [1.807, 2.05) is 0 Å². The molecule has 0 bridgehead atoms. The van der Waals surface area contributed by atoms with Gasteiger partial charge in [-0.25, -0.2) is 0 Å². The van der Waals surface area contributed by atoms with Gasteiger partial charge in [0.05, 0.1) is 13.2 Å². The number of hydrogen-bond donors (Lipinski definition) is 9. The predicted molar refractivity (Wildman–Crippen MR) is 124 cm³/mol. The Hall–Kier alpha value is -1.46. The lowest BCUT2D eigenvalue weighted by molar-refractivity contribution is -0.349. The Bertz CT molecular complexity index is 725. The molecular weight excluding hydrogens is 498 g/mol. The summed E-state index contributed by atoms with van der Waals surface area (Å²) in [5.41, 5.74) is -2.58. The molecule has 10 atom stereocenters. The number of aliphatic hydroxyl groups is 7. The van der Waals surface area contributed by atoms with Crippen molar-refractivity contribution in [3.63, 3.8) is 0 Å². The van der Waals surface area contributed by atoms with E-state index in [2.05, 4.69) is 5.32 Å². The summed E-state index contributed by atoms with van der Waals surface area (Å²) in [6, 6.07) is -1.54. The predicted octanol–water partition coefficient (Wildman–Crippen LogP) is -3.03. The molecule has 0 unspecified atom stereocenters. The van der Waals surface area contributed by atoms with Gasteiger partial charge in [-0.1, -0.05) is 25.7 Å². The molecule has 0 aromatic carbocycles. The van der Waals surface area contributed by atoms with Gasteiger partial charge in [0.25, 0.3) is 0 Å². The number of aliphatic carboxylic acids is 1. The average molecular weight is 540 g/mol. The number of carboxylic acids is 1. The number of carbonyl (C=O) groups excluding carboxylic acids is 1. The van der Waals surface area contributed by atoms with Gasteiger partial charge < -0.3 is 60.4 Å². The highest BCUT2D eigenvalue weighted by atomic mass is 16.7. The Balaban J connectivity index is 2.14. The minimum absolute atomic E-state index is 0.106. The second-order valence-corrected chi connectivity index (χ2v) is 9.62. The number of nitrogens with one attached hydrogen (secondary N) is 1. The SMILES string of the molecule is CC(=O)N[C@@H]1[C@@H](OCCCCCCCCC(=O)O)O[C@H](CO)[C@H](O)[C@@]1(O)[C@@H]1O[C@H](CO)[C@H](O)[C@H](O)[C@H]1O. The van der Waals surface area contributed by atoms with Gasteiger partial charge >= 0.3 is 5.97 Å². The molecule has 0 aromatic heterocycles. The van der Waals surface area contributed by atoms with E-state index < -0.39 is 85.8 Å². The van der Waals surface area contributed by atoms with Crippen LogP contribution in [0.15, 0.2) is 0 Å². The van der Waals surface area contributed by atoms with Crippen molar-refractivity contribution in [3.05, 3.63) is 0 Å². The maximum Gasteiger partial charge on any atom is 0.303 e. The van der Waals surface area contributed by atoms with E-state index in [0.717, 1.165) is 32.6 Å². The summed E-state index contributed by atoms with van der Waals surface area (Å²) >= 11 is 0. The second-order valence-electron chi connectivity index (χ2n) is 9.62. The molecule has 14 heteroatoms. The van der Waals surface area contributed by atoms with E-state index in [0.29, 0.717) is 12.8 Å². The number of ether oxygens (including phenoxy) is 3. The third kappa shape index (κ3) is 7.79. The molecule has 0 saturated carbocycles. The van der Waals surface area contributed by atoms with Crippen LogP contribution in [0.3, 0.4) is 0 Å². The molecule has 0 spiro atoms. The fourth-order valence-electron chi connectivity index (χ4n) is 4.82. The van der Waals surface area contributed by atoms with Crippen LogP contribution < -0.4 is 5.32 Å². The molecule has 2 fully saturated rings. The number of hydrogen-bond acceptors (Lipinski definition) is 12. The van der Waals surface area contributed by atoms with Gasteiger partial charge in [-0.2, -0.15) is 0 Å². The fraction of sp³-hybridized carbons (Fsp3) is 0.913. The van der Waals surface area contributed by atoms with Crippen LogP contribution in [0.5, 0.6) is 0 Å². The van der Waals surface area contributed by atoms with E-state index in [1.165, 1.54) is 0 Å². The van der Waals surface area contributed by atoms with E-state index in [1.54, 1.807) is 0 Å². The molecule has 9 N–H and O–H groups in total. The van der Waals surface area contributed by atoms with Crippen molar-refractivity contribution >= 4 is 11.9 Å². The second kappa shape index (κ2) is 14.6. The van der Waals surface area contributed by atoms with Crippen LogP contribution in [0.4, 0.5) is 0 Å². The number of carbonyl (C=O) groups is 2. The summed E-state index contributed by atoms with van der Waals surface area (Å²) in [6.45, 7) is -0.312. The molecule has 2 aliphatic heterocycles. The zero-order valence-corrected chi connectivity index (χ0v) is 20.9. The van der Waals surface area contributed by atoms with Gasteiger partial charge in [-0.3, -0.25) is 9.59 Å². The van der Waals surface area contributed by atoms with Gasteiger partial charge in [0.2, 0.25) is 5.91 Å². The first-order chi connectivity index (χ1) is 17.5. The first-order valence-corrected chi connectivity index (χ1v) is 12.6. The van der Waals surface area contributed by atoms with Gasteiger partial charge in [0, 0.05) is 20.0 Å². The van der Waals surface area contributed by atoms with Gasteiger partial charge in [-0.15, -0.1) is 0 Å². The molecule has 2 saturated heterocycles. The maximum atomic E-state index is 12.0. The van der Waals surface area contributed by atoms with Crippen LogP contribution >= 0.6 is 0 Å². The van der Waals surface area contributed by atoms with Crippen molar-refractivity contribution in [1.82, 2.24) is 5.32 Å². The van der Waals surface area contributed by atoms with Crippen molar-refractivity contribution in [2.24, 2.45) is 0 Å². The van der Waals surface area contributed by atoms with Crippen LogP contribution in [0.1, 0.15) is 51.9 Å². The van der Waals surface area contributed by atoms with E-state index >= 15 is 0 Å². The normalized spacial score (nSPS) is 38.3. The minimum atomic E-state index is -2.58. The molecule has 2 aliphatic rings. The maximum absolute atomic E-state index is 12.0. The van der Waals surface area contributed by atoms with Crippen molar-refractivity contribution in [3.8, 4) is 0 Å². The highest BCUT2D eigenvalue weighted by Gasteiger charge is 2.65. The Morgan fingerprint density at radius 2 is 1.46 bits per heavy atom. The fourth-order valence-corrected chi connectivity index (χ4v) is 4.82. The highest BCUT2D eigenvalue weighted by Crippen LogP contribution is 2.39. The highest BCUT2D eigenvalue weighted by molar-refractivity contribution is 5.73. The molecule has 2 heterocycles. The molecule has 0 aromatic rings. The van der Waals surface area contributed by atoms with Crippen molar-refractivity contribution < 1.29 is 64.7 Å². The molecule has 216 valence electrons. The van der Waals surface area contributed by atoms with Crippen LogP contribution in [0, 0.1) is 0 Å². The number of amides is 1. The minimum Gasteiger partial charge on any atom is -0.481 e. The van der Waals surface area contributed by atoms with Crippen molar-refractivity contribution in [1.29, 1.82) is 0 Å². The smallest absolute Gasteiger partial charge is 0.303 e. The molecular formula is C23H41NO13. The Morgan fingerprint density at radius 3 is 2.03 bits per heavy atom. The van der Waals surface area contributed by atoms with Crippen molar-refractivity contribution in [2.75, 3.05) is 19.8 Å². The van der Waals surface area contributed by atoms with Crippen molar-refractivity contribution in [2.45, 2.75) is 113 Å². The number of carboxylic acid groups (broad SMARTS) is 1. The van der Waals surface area contributed by atoms with Gasteiger partial charge in [0.1, 0.15) is 54.4 Å². The topological polar surface area (TPSA) is 236 Å². The summed E-state index contributed by atoms with van der Waals surface area (Å²) in [6.07, 6.45) is -9.07. The monoisotopic (exact) mass is 539 g/mol. The lowest BCUT2D eigenvalue weighted by Crippen LogP contribution is -2.80. The largest absolute Gasteiger partial charge is 0.481 e. The quantitative estimate of drug-likeness (QED) is 0.100. The van der Waals surface area contributed by atoms with E-state index in [4.69, 9.17) is 19.3 Å². The summed E-state index contributed by atoms with van der Waals surface area (Å²) in [7, 11) is 0. The van der Waals surface area contributed by atoms with Crippen LogP contribution in [-0.4, -0.2) is 133 Å². The molecule has 14 nitrogen and oxygen atoms in total. The molecule has 0 aliphatic carbocycles. The van der Waals surface area contributed by atoms with Crippen LogP contribution in [0.2, 0.25) is 0 Å². The average Bonchev–Trinajstić information content (AvgIpc) is 2.85. The van der Waals surface area contributed by atoms with Gasteiger partial charge in [-0.05, 0) is 12.8 Å². The summed E-state index contributed by atoms with van der Waals surface area (Å²) < 4.78 is 16.9. The summed E-state index contributed by atoms with van der Waals surface area (Å²) in [5, 5.41) is 84.1. The number of aliphatic hydroxyl groups excluding tert-OH is 6. The molecule has 2 rings (SSSR count). The third-order valence-electron chi connectivity index (χ3n) is 6.86. The Morgan fingerprint density at radius 1 is 0.865 bits per heavy atom. The lowest BCUT2D eigenvalue weighted by Gasteiger charge is -2.55. The van der Waals surface area contributed by atoms with E-state index in [-0.39, 0.29) is 13.0 Å². The molecule has 0 radical (unpaired) electrons. The van der Waals surface area contributed by atoms with E-state index in [9.17, 15) is 45.3 Å². The Labute approximate surface area is 214 Å². The Kier molecular flexibility index (Phi) is 12.6.